The van der Waals surface area contributed by atoms with Crippen LogP contribution in [0.25, 0.3) is 0 Å². The molecule has 0 aromatic rings. The van der Waals surface area contributed by atoms with Crippen LogP contribution in [0.4, 0.5) is 0 Å². The van der Waals surface area contributed by atoms with Gasteiger partial charge in [0.2, 0.25) is 5.91 Å². The minimum absolute atomic E-state index is 0. The molecule has 2 aliphatic carbocycles. The second-order valence-electron chi connectivity index (χ2n) is 4.96. The first-order valence-electron chi connectivity index (χ1n) is 6.19. The van der Waals surface area contributed by atoms with Crippen molar-refractivity contribution >= 4 is 18.3 Å². The van der Waals surface area contributed by atoms with Crippen LogP contribution < -0.4 is 5.32 Å². The van der Waals surface area contributed by atoms with E-state index in [1.165, 1.54) is 25.7 Å². The van der Waals surface area contributed by atoms with Crippen molar-refractivity contribution in [3.05, 3.63) is 0 Å². The van der Waals surface area contributed by atoms with Crippen molar-refractivity contribution in [1.29, 1.82) is 0 Å². The van der Waals surface area contributed by atoms with Crippen molar-refractivity contribution in [3.8, 4) is 0 Å². The molecule has 0 aromatic carbocycles. The summed E-state index contributed by atoms with van der Waals surface area (Å²) in [7, 11) is 1.90. The van der Waals surface area contributed by atoms with E-state index < -0.39 is 0 Å². The second-order valence-corrected chi connectivity index (χ2v) is 4.96. The van der Waals surface area contributed by atoms with Crippen molar-refractivity contribution < 1.29 is 4.79 Å². The van der Waals surface area contributed by atoms with Crippen LogP contribution in [0.1, 0.15) is 39.0 Å². The fourth-order valence-corrected chi connectivity index (χ4v) is 2.28. The van der Waals surface area contributed by atoms with Gasteiger partial charge in [0, 0.05) is 25.0 Å². The van der Waals surface area contributed by atoms with Crippen LogP contribution in [-0.4, -0.2) is 36.5 Å². The Morgan fingerprint density at radius 2 is 2.00 bits per heavy atom. The fourth-order valence-electron chi connectivity index (χ4n) is 2.28. The van der Waals surface area contributed by atoms with Gasteiger partial charge >= 0.3 is 0 Å². The molecule has 0 aliphatic heterocycles. The van der Waals surface area contributed by atoms with E-state index in [4.69, 9.17) is 0 Å². The van der Waals surface area contributed by atoms with Crippen LogP contribution >= 0.6 is 12.4 Å². The first kappa shape index (κ1) is 13.8. The summed E-state index contributed by atoms with van der Waals surface area (Å²) in [6.45, 7) is 3.03. The summed E-state index contributed by atoms with van der Waals surface area (Å²) in [4.78, 5) is 14.2. The lowest BCUT2D eigenvalue weighted by atomic mass is 10.1. The number of carbonyl (C=O) groups is 1. The van der Waals surface area contributed by atoms with E-state index in [-0.39, 0.29) is 12.4 Å². The number of halogens is 1. The number of amides is 1. The van der Waals surface area contributed by atoms with Gasteiger partial charge in [0.15, 0.2) is 0 Å². The number of rotatable bonds is 6. The molecule has 0 saturated heterocycles. The second kappa shape index (κ2) is 5.87. The molecule has 2 fully saturated rings. The van der Waals surface area contributed by atoms with Crippen LogP contribution in [0.2, 0.25) is 0 Å². The largest absolute Gasteiger partial charge is 0.337 e. The molecule has 0 radical (unpaired) electrons. The first-order valence-corrected chi connectivity index (χ1v) is 6.19. The highest BCUT2D eigenvalue weighted by atomic mass is 35.5. The van der Waals surface area contributed by atoms with Gasteiger partial charge in [0.05, 0.1) is 0 Å². The summed E-state index contributed by atoms with van der Waals surface area (Å²) in [6.07, 6.45) is 5.75. The lowest BCUT2D eigenvalue weighted by Crippen LogP contribution is -2.42. The summed E-state index contributed by atoms with van der Waals surface area (Å²) in [5.41, 5.74) is 0. The fraction of sp³-hybridized carbons (Fsp3) is 0.917. The smallest absolute Gasteiger partial charge is 0.224 e. The number of hydrogen-bond donors (Lipinski definition) is 1. The molecule has 2 saturated carbocycles. The van der Waals surface area contributed by atoms with Crippen molar-refractivity contribution in [2.24, 2.45) is 5.92 Å². The zero-order valence-corrected chi connectivity index (χ0v) is 11.1. The quantitative estimate of drug-likeness (QED) is 0.775. The van der Waals surface area contributed by atoms with E-state index in [1.807, 2.05) is 7.05 Å². The first-order chi connectivity index (χ1) is 7.24. The molecule has 1 N–H and O–H groups in total. The van der Waals surface area contributed by atoms with Crippen molar-refractivity contribution in [1.82, 2.24) is 10.2 Å². The van der Waals surface area contributed by atoms with Gasteiger partial charge in [-0.3, -0.25) is 4.79 Å². The summed E-state index contributed by atoms with van der Waals surface area (Å²) >= 11 is 0. The third-order valence-corrected chi connectivity index (χ3v) is 3.56. The van der Waals surface area contributed by atoms with Crippen LogP contribution in [0.15, 0.2) is 0 Å². The molecule has 0 spiro atoms. The Bertz CT molecular complexity index is 239. The summed E-state index contributed by atoms with van der Waals surface area (Å²) < 4.78 is 0. The average Bonchev–Trinajstić information content (AvgIpc) is 3.02. The Balaban J connectivity index is 0.00000128. The lowest BCUT2D eigenvalue weighted by molar-refractivity contribution is -0.134. The molecule has 4 heteroatoms. The van der Waals surface area contributed by atoms with Gasteiger partial charge in [0.25, 0.3) is 0 Å². The molecular formula is C12H23ClN2O. The van der Waals surface area contributed by atoms with Gasteiger partial charge < -0.3 is 10.2 Å². The Kier molecular flexibility index (Phi) is 5.06. The molecule has 2 aliphatic rings. The van der Waals surface area contributed by atoms with E-state index in [2.05, 4.69) is 17.1 Å². The number of hydrogen-bond acceptors (Lipinski definition) is 2. The molecule has 3 nitrogen and oxygen atoms in total. The monoisotopic (exact) mass is 246 g/mol. The zero-order valence-electron chi connectivity index (χ0n) is 10.2. The Labute approximate surface area is 104 Å². The van der Waals surface area contributed by atoms with Gasteiger partial charge in [-0.15, -0.1) is 12.4 Å². The third-order valence-electron chi connectivity index (χ3n) is 3.56. The van der Waals surface area contributed by atoms with E-state index in [0.29, 0.717) is 24.4 Å². The summed E-state index contributed by atoms with van der Waals surface area (Å²) in [5.74, 6) is 1.15. The van der Waals surface area contributed by atoms with Crippen LogP contribution in [-0.2, 0) is 4.79 Å². The van der Waals surface area contributed by atoms with Gasteiger partial charge in [-0.25, -0.2) is 0 Å². The van der Waals surface area contributed by atoms with Crippen LogP contribution in [0.5, 0.6) is 0 Å². The minimum Gasteiger partial charge on any atom is -0.337 e. The van der Waals surface area contributed by atoms with Crippen LogP contribution in [0, 0.1) is 5.92 Å². The minimum atomic E-state index is 0. The van der Waals surface area contributed by atoms with Gasteiger partial charge in [-0.2, -0.15) is 0 Å². The maximum Gasteiger partial charge on any atom is 0.224 e. The number of nitrogens with one attached hydrogen (secondary N) is 1. The van der Waals surface area contributed by atoms with Gasteiger partial charge in [-0.05, 0) is 45.6 Å². The molecule has 16 heavy (non-hydrogen) atoms. The maximum absolute atomic E-state index is 12.0. The number of nitrogens with zero attached hydrogens (tertiary/aromatic N) is 1. The highest BCUT2D eigenvalue weighted by Gasteiger charge is 2.41. The molecule has 0 heterocycles. The predicted molar refractivity (Wildman–Crippen MR) is 67.8 cm³/mol. The normalized spacial score (nSPS) is 21.1. The number of carbonyl (C=O) groups excluding carboxylic acids is 1. The Morgan fingerprint density at radius 1 is 1.38 bits per heavy atom. The van der Waals surface area contributed by atoms with Gasteiger partial charge in [0.1, 0.15) is 0 Å². The standard InChI is InChI=1S/C12H22N2O.ClH/c1-9(10-3-4-10)14(11-5-6-11)12(15)7-8-13-2;/h9-11,13H,3-8H2,1-2H3;1H. The SMILES string of the molecule is CNCCC(=O)N(C1CC1)C(C)C1CC1.Cl. The Hall–Kier alpha value is -0.280. The Morgan fingerprint density at radius 3 is 2.44 bits per heavy atom. The average molecular weight is 247 g/mol. The summed E-state index contributed by atoms with van der Waals surface area (Å²) in [6, 6.07) is 1.06. The summed E-state index contributed by atoms with van der Waals surface area (Å²) in [5, 5.41) is 3.05. The van der Waals surface area contributed by atoms with Gasteiger partial charge in [-0.1, -0.05) is 0 Å². The molecule has 1 amide bonds. The van der Waals surface area contributed by atoms with Crippen molar-refractivity contribution in [2.75, 3.05) is 13.6 Å². The van der Waals surface area contributed by atoms with Crippen LogP contribution in [0.3, 0.4) is 0 Å². The van der Waals surface area contributed by atoms with E-state index in [9.17, 15) is 4.79 Å². The molecule has 0 bridgehead atoms. The van der Waals surface area contributed by atoms with E-state index in [0.717, 1.165) is 12.5 Å². The molecule has 1 unspecified atom stereocenters. The molecule has 94 valence electrons. The third kappa shape index (κ3) is 3.36. The van der Waals surface area contributed by atoms with E-state index in [1.54, 1.807) is 0 Å². The molecule has 0 aromatic heterocycles. The predicted octanol–water partition coefficient (Wildman–Crippen LogP) is 1.81. The lowest BCUT2D eigenvalue weighted by Gasteiger charge is -2.29. The molecular weight excluding hydrogens is 224 g/mol. The maximum atomic E-state index is 12.0. The molecule has 1 atom stereocenters. The highest BCUT2D eigenvalue weighted by molar-refractivity contribution is 5.85. The molecule has 2 rings (SSSR count). The van der Waals surface area contributed by atoms with Crippen molar-refractivity contribution in [3.63, 3.8) is 0 Å². The zero-order chi connectivity index (χ0) is 10.8. The highest BCUT2D eigenvalue weighted by Crippen LogP contribution is 2.39. The topological polar surface area (TPSA) is 32.3 Å². The van der Waals surface area contributed by atoms with Crippen molar-refractivity contribution in [2.45, 2.75) is 51.1 Å². The van der Waals surface area contributed by atoms with E-state index >= 15 is 0 Å².